The van der Waals surface area contributed by atoms with Gasteiger partial charge in [-0.15, -0.1) is 4.91 Å². The molecule has 0 saturated heterocycles. The number of anilines is 1. The number of halogens is 3. The summed E-state index contributed by atoms with van der Waals surface area (Å²) in [4.78, 5) is 11.1. The van der Waals surface area contributed by atoms with E-state index in [2.05, 4.69) is 41.7 Å². The van der Waals surface area contributed by atoms with Crippen LogP contribution < -0.4 is 10.6 Å². The van der Waals surface area contributed by atoms with Crippen LogP contribution in [-0.2, 0) is 0 Å². The van der Waals surface area contributed by atoms with E-state index in [4.69, 9.17) is 23.2 Å². The maximum absolute atomic E-state index is 13.5. The van der Waals surface area contributed by atoms with Crippen molar-refractivity contribution in [3.8, 4) is 0 Å². The average molecular weight is 412 g/mol. The smallest absolute Gasteiger partial charge is 0.170 e. The van der Waals surface area contributed by atoms with Crippen molar-refractivity contribution in [3.05, 3.63) is 50.9 Å². The van der Waals surface area contributed by atoms with Crippen molar-refractivity contribution in [2.75, 3.05) is 5.32 Å². The molecule has 0 radical (unpaired) electrons. The summed E-state index contributed by atoms with van der Waals surface area (Å²) < 4.78 is 15.1. The Hall–Kier alpha value is -1.96. The van der Waals surface area contributed by atoms with Gasteiger partial charge in [-0.1, -0.05) is 50.0 Å². The summed E-state index contributed by atoms with van der Waals surface area (Å²) in [6.07, 6.45) is 0.840. The molecule has 1 aliphatic heterocycles. The van der Waals surface area contributed by atoms with Crippen LogP contribution in [-0.4, -0.2) is 15.8 Å². The van der Waals surface area contributed by atoms with Crippen LogP contribution in [0.25, 0.3) is 5.57 Å². The summed E-state index contributed by atoms with van der Waals surface area (Å²) in [5.41, 5.74) is 1.25. The molecule has 2 unspecified atom stereocenters. The predicted octanol–water partition coefficient (Wildman–Crippen LogP) is 5.63. The van der Waals surface area contributed by atoms with Gasteiger partial charge in [-0.3, -0.25) is 5.32 Å². The first-order valence-corrected chi connectivity index (χ1v) is 9.18. The fraction of sp³-hybridized carbons (Fsp3) is 0.389. The molecule has 0 fully saturated rings. The Morgan fingerprint density at radius 3 is 2.67 bits per heavy atom. The fourth-order valence-electron chi connectivity index (χ4n) is 2.76. The second-order valence-electron chi connectivity index (χ2n) is 7.55. The van der Waals surface area contributed by atoms with Crippen LogP contribution in [0.5, 0.6) is 0 Å². The normalized spacial score (nSPS) is 18.1. The van der Waals surface area contributed by atoms with Crippen molar-refractivity contribution in [2.45, 2.75) is 39.9 Å². The lowest BCUT2D eigenvalue weighted by Gasteiger charge is -2.36. The minimum atomic E-state index is -0.526. The summed E-state index contributed by atoms with van der Waals surface area (Å²) in [6.45, 7) is 8.35. The Kier molecular flexibility index (Phi) is 5.29. The van der Waals surface area contributed by atoms with Crippen molar-refractivity contribution in [1.29, 1.82) is 0 Å². The molecule has 2 aromatic rings. The molecular formula is C18H20Cl2FN5O. The van der Waals surface area contributed by atoms with Gasteiger partial charge in [-0.05, 0) is 29.6 Å². The Balaban J connectivity index is 2.15. The van der Waals surface area contributed by atoms with Crippen LogP contribution in [0.15, 0.2) is 34.7 Å². The van der Waals surface area contributed by atoms with Crippen LogP contribution in [0, 0.1) is 16.1 Å². The molecule has 0 spiro atoms. The third-order valence-corrected chi connectivity index (χ3v) is 5.40. The van der Waals surface area contributed by atoms with Gasteiger partial charge in [0.2, 0.25) is 0 Å². The van der Waals surface area contributed by atoms with E-state index in [9.17, 15) is 9.30 Å². The highest BCUT2D eigenvalue weighted by atomic mass is 35.5. The minimum absolute atomic E-state index is 0.0454. The zero-order valence-corrected chi connectivity index (χ0v) is 16.9. The minimum Gasteiger partial charge on any atom is -0.329 e. The molecule has 0 aliphatic carbocycles. The Bertz CT molecular complexity index is 919. The lowest BCUT2D eigenvalue weighted by atomic mass is 9.87. The van der Waals surface area contributed by atoms with E-state index in [0.29, 0.717) is 17.0 Å². The molecule has 0 saturated carbocycles. The van der Waals surface area contributed by atoms with E-state index in [1.165, 1.54) is 18.3 Å². The zero-order chi connectivity index (χ0) is 19.9. The standard InChI is InChI=1S/C18H20Cl2FN5O/c1-9(18(2,3)4)23-17-14(11-6-5-10(21)7-12(11)19)15(20)24-16-13(25-27)8-22-26(16)17/h5-9,17,23-24H,1-4H3. The molecule has 1 aromatic heterocycles. The van der Waals surface area contributed by atoms with E-state index < -0.39 is 12.0 Å². The number of rotatable bonds is 4. The van der Waals surface area contributed by atoms with Crippen molar-refractivity contribution < 1.29 is 4.39 Å². The molecule has 0 bridgehead atoms. The van der Waals surface area contributed by atoms with Gasteiger partial charge in [0, 0.05) is 17.2 Å². The zero-order valence-electron chi connectivity index (χ0n) is 15.3. The maximum atomic E-state index is 13.5. The second-order valence-corrected chi connectivity index (χ2v) is 8.33. The highest BCUT2D eigenvalue weighted by molar-refractivity contribution is 6.36. The van der Waals surface area contributed by atoms with Gasteiger partial charge in [0.1, 0.15) is 17.1 Å². The molecule has 144 valence electrons. The second kappa shape index (κ2) is 7.22. The van der Waals surface area contributed by atoms with E-state index in [1.54, 1.807) is 10.7 Å². The molecule has 0 amide bonds. The molecule has 2 heterocycles. The summed E-state index contributed by atoms with van der Waals surface area (Å²) >= 11 is 12.8. The van der Waals surface area contributed by atoms with Crippen molar-refractivity contribution in [1.82, 2.24) is 15.1 Å². The molecule has 27 heavy (non-hydrogen) atoms. The number of nitrogens with zero attached hydrogens (tertiary/aromatic N) is 3. The van der Waals surface area contributed by atoms with Gasteiger partial charge in [0.05, 0.1) is 11.2 Å². The predicted molar refractivity (Wildman–Crippen MR) is 107 cm³/mol. The number of hydrogen-bond donors (Lipinski definition) is 2. The van der Waals surface area contributed by atoms with Gasteiger partial charge >= 0.3 is 0 Å². The lowest BCUT2D eigenvalue weighted by molar-refractivity contribution is 0.251. The summed E-state index contributed by atoms with van der Waals surface area (Å²) in [5, 5.41) is 14.2. The van der Waals surface area contributed by atoms with Crippen LogP contribution in [0.3, 0.4) is 0 Å². The molecular weight excluding hydrogens is 392 g/mol. The van der Waals surface area contributed by atoms with E-state index in [0.717, 1.165) is 0 Å². The monoisotopic (exact) mass is 411 g/mol. The molecule has 2 atom stereocenters. The van der Waals surface area contributed by atoms with E-state index >= 15 is 0 Å². The van der Waals surface area contributed by atoms with Gasteiger partial charge in [-0.2, -0.15) is 5.10 Å². The van der Waals surface area contributed by atoms with Crippen LogP contribution in [0.1, 0.15) is 39.4 Å². The molecule has 6 nitrogen and oxygen atoms in total. The first kappa shape index (κ1) is 19.8. The first-order valence-electron chi connectivity index (χ1n) is 8.42. The highest BCUT2D eigenvalue weighted by Gasteiger charge is 2.35. The average Bonchev–Trinajstić information content (AvgIpc) is 2.97. The van der Waals surface area contributed by atoms with Gasteiger partial charge in [0.25, 0.3) is 0 Å². The number of nitrogens with one attached hydrogen (secondary N) is 2. The number of fused-ring (bicyclic) bond motifs is 1. The Morgan fingerprint density at radius 2 is 2.07 bits per heavy atom. The van der Waals surface area contributed by atoms with Crippen molar-refractivity contribution in [3.63, 3.8) is 0 Å². The van der Waals surface area contributed by atoms with Crippen LogP contribution in [0.2, 0.25) is 5.02 Å². The van der Waals surface area contributed by atoms with Gasteiger partial charge in [0.15, 0.2) is 11.5 Å². The summed E-state index contributed by atoms with van der Waals surface area (Å²) in [6, 6.07) is 4.17. The van der Waals surface area contributed by atoms with Crippen molar-refractivity contribution >= 4 is 40.3 Å². The maximum Gasteiger partial charge on any atom is 0.170 e. The number of nitroso groups, excluding NO2 is 1. The highest BCUT2D eigenvalue weighted by Crippen LogP contribution is 2.43. The first-order chi connectivity index (χ1) is 12.6. The molecule has 1 aliphatic rings. The molecule has 2 N–H and O–H groups in total. The van der Waals surface area contributed by atoms with Gasteiger partial charge in [-0.25, -0.2) is 9.07 Å². The van der Waals surface area contributed by atoms with Gasteiger partial charge < -0.3 is 5.32 Å². The Morgan fingerprint density at radius 1 is 1.37 bits per heavy atom. The van der Waals surface area contributed by atoms with Crippen molar-refractivity contribution in [2.24, 2.45) is 10.6 Å². The SMILES string of the molecule is CC(NC1C(c2ccc(F)cc2Cl)=C(Cl)Nc2c(N=O)cnn21)C(C)(C)C. The number of hydrogen-bond acceptors (Lipinski definition) is 5. The molecule has 9 heteroatoms. The van der Waals surface area contributed by atoms with Crippen LogP contribution >= 0.6 is 23.2 Å². The van der Waals surface area contributed by atoms with E-state index in [-0.39, 0.29) is 27.3 Å². The topological polar surface area (TPSA) is 71.3 Å². The van der Waals surface area contributed by atoms with E-state index in [1.807, 2.05) is 6.92 Å². The quantitative estimate of drug-likeness (QED) is 0.505. The lowest BCUT2D eigenvalue weighted by Crippen LogP contribution is -2.44. The largest absolute Gasteiger partial charge is 0.329 e. The summed E-state index contributed by atoms with van der Waals surface area (Å²) in [7, 11) is 0. The molecule has 1 aromatic carbocycles. The third kappa shape index (κ3) is 3.72. The fourth-order valence-corrected chi connectivity index (χ4v) is 3.33. The third-order valence-electron chi connectivity index (χ3n) is 4.79. The van der Waals surface area contributed by atoms with Crippen LogP contribution in [0.4, 0.5) is 15.9 Å². The number of aromatic nitrogens is 2. The molecule has 3 rings (SSSR count). The number of benzene rings is 1. The Labute approximate surface area is 166 Å². The summed E-state index contributed by atoms with van der Waals surface area (Å²) in [5.74, 6) is -0.0559.